The van der Waals surface area contributed by atoms with Gasteiger partial charge in [-0.3, -0.25) is 14.4 Å². The number of benzene rings is 2. The van der Waals surface area contributed by atoms with Gasteiger partial charge in [0, 0.05) is 28.7 Å². The molecule has 226 valence electrons. The van der Waals surface area contributed by atoms with Crippen molar-refractivity contribution in [2.24, 2.45) is 29.1 Å². The Morgan fingerprint density at radius 1 is 1.26 bits per heavy atom. The molecule has 0 aromatic heterocycles. The van der Waals surface area contributed by atoms with Gasteiger partial charge in [0.05, 0.1) is 26.4 Å². The van der Waals surface area contributed by atoms with E-state index >= 15 is 0 Å². The first-order valence-corrected chi connectivity index (χ1v) is 15.0. The highest BCUT2D eigenvalue weighted by Crippen LogP contribution is 2.61. The molecule has 0 unspecified atom stereocenters. The number of hydroxylamine groups is 2. The number of amides is 1. The van der Waals surface area contributed by atoms with E-state index in [9.17, 15) is 19.8 Å². The number of carbonyl (C=O) groups is 2. The molecule has 6 rings (SSSR count). The molecule has 2 bridgehead atoms. The Morgan fingerprint density at radius 3 is 2.60 bits per heavy atom. The SMILES string of the molecule is C=Cc1cc(C=O)cc(-c2cccc(CN3O[C@@H](CO)[C@H]([C@H](C)O)[C@H]3C(=O)N[C@H]3C[C@H]4C[C@@H]([C@@H]3C)C4(C)C)c2OC)c1. The molecule has 1 saturated heterocycles. The highest BCUT2D eigenvalue weighted by molar-refractivity contribution is 5.84. The zero-order chi connectivity index (χ0) is 30.3. The molecule has 3 saturated carbocycles. The second kappa shape index (κ2) is 11.9. The second-order valence-electron chi connectivity index (χ2n) is 12.9. The molecule has 8 nitrogen and oxygen atoms in total. The first kappa shape index (κ1) is 30.4. The molecule has 1 amide bonds. The third kappa shape index (κ3) is 5.30. The van der Waals surface area contributed by atoms with E-state index in [2.05, 4.69) is 32.7 Å². The van der Waals surface area contributed by atoms with Crippen molar-refractivity contribution in [1.82, 2.24) is 10.4 Å². The number of ether oxygens (including phenoxy) is 1. The van der Waals surface area contributed by atoms with Crippen molar-refractivity contribution in [1.29, 1.82) is 0 Å². The minimum atomic E-state index is -0.879. The zero-order valence-corrected chi connectivity index (χ0v) is 25.2. The van der Waals surface area contributed by atoms with Crippen LogP contribution in [0.15, 0.2) is 43.0 Å². The summed E-state index contributed by atoms with van der Waals surface area (Å²) >= 11 is 0. The Labute approximate surface area is 248 Å². The molecule has 1 aliphatic heterocycles. The lowest BCUT2D eigenvalue weighted by molar-refractivity contribution is -0.183. The second-order valence-corrected chi connectivity index (χ2v) is 12.9. The van der Waals surface area contributed by atoms with Crippen LogP contribution in [0.3, 0.4) is 0 Å². The lowest BCUT2D eigenvalue weighted by atomic mass is 9.45. The van der Waals surface area contributed by atoms with Crippen LogP contribution in [0.25, 0.3) is 17.2 Å². The number of methoxy groups -OCH3 is 1. The molecule has 8 atom stereocenters. The fraction of sp³-hybridized carbons (Fsp3) is 0.529. The molecule has 4 aliphatic rings. The Hall–Kier alpha value is -3.04. The highest BCUT2D eigenvalue weighted by Gasteiger charge is 2.57. The van der Waals surface area contributed by atoms with Gasteiger partial charge in [0.1, 0.15) is 24.2 Å². The van der Waals surface area contributed by atoms with Gasteiger partial charge in [-0.05, 0) is 72.3 Å². The fourth-order valence-electron chi connectivity index (χ4n) is 7.85. The Morgan fingerprint density at radius 2 is 2.00 bits per heavy atom. The largest absolute Gasteiger partial charge is 0.496 e. The summed E-state index contributed by atoms with van der Waals surface area (Å²) in [6.07, 6.45) is 3.03. The van der Waals surface area contributed by atoms with Crippen molar-refractivity contribution in [3.8, 4) is 16.9 Å². The van der Waals surface area contributed by atoms with E-state index in [1.807, 2.05) is 24.3 Å². The van der Waals surface area contributed by atoms with Gasteiger partial charge in [0.25, 0.3) is 0 Å². The molecule has 1 heterocycles. The number of aliphatic hydroxyl groups is 2. The first-order valence-electron chi connectivity index (χ1n) is 15.0. The highest BCUT2D eigenvalue weighted by atomic mass is 16.7. The number of nitrogens with zero attached hydrogens (tertiary/aromatic N) is 1. The van der Waals surface area contributed by atoms with Crippen LogP contribution < -0.4 is 10.1 Å². The summed E-state index contributed by atoms with van der Waals surface area (Å²) < 4.78 is 5.89. The normalized spacial score (nSPS) is 30.7. The van der Waals surface area contributed by atoms with Gasteiger partial charge < -0.3 is 20.3 Å². The third-order valence-corrected chi connectivity index (χ3v) is 10.3. The molecule has 4 fully saturated rings. The fourth-order valence-corrected chi connectivity index (χ4v) is 7.85. The van der Waals surface area contributed by atoms with Crippen molar-refractivity contribution in [3.63, 3.8) is 0 Å². The predicted molar refractivity (Wildman–Crippen MR) is 161 cm³/mol. The summed E-state index contributed by atoms with van der Waals surface area (Å²) in [5.74, 6) is 1.28. The van der Waals surface area contributed by atoms with Crippen molar-refractivity contribution in [2.45, 2.75) is 71.4 Å². The van der Waals surface area contributed by atoms with Crippen LogP contribution in [-0.2, 0) is 16.2 Å². The number of carbonyl (C=O) groups excluding carboxylic acids is 2. The Bertz CT molecular complexity index is 1310. The van der Waals surface area contributed by atoms with E-state index in [4.69, 9.17) is 9.57 Å². The first-order chi connectivity index (χ1) is 20.0. The summed E-state index contributed by atoms with van der Waals surface area (Å²) in [5, 5.41) is 25.8. The molecule has 0 radical (unpaired) electrons. The maximum Gasteiger partial charge on any atom is 0.240 e. The van der Waals surface area contributed by atoms with Gasteiger partial charge in [-0.25, -0.2) is 0 Å². The average Bonchev–Trinajstić information content (AvgIpc) is 3.36. The number of aliphatic hydroxyl groups excluding tert-OH is 2. The summed E-state index contributed by atoms with van der Waals surface area (Å²) in [7, 11) is 1.59. The predicted octanol–water partition coefficient (Wildman–Crippen LogP) is 4.48. The molecule has 0 spiro atoms. The summed E-state index contributed by atoms with van der Waals surface area (Å²) in [6.45, 7) is 12.2. The minimum Gasteiger partial charge on any atom is -0.496 e. The van der Waals surface area contributed by atoms with Crippen molar-refractivity contribution < 1.29 is 29.4 Å². The van der Waals surface area contributed by atoms with Gasteiger partial charge in [0.15, 0.2) is 0 Å². The molecular formula is C34H44N2O6. The van der Waals surface area contributed by atoms with Crippen molar-refractivity contribution >= 4 is 18.3 Å². The molecule has 8 heteroatoms. The summed E-state index contributed by atoms with van der Waals surface area (Å²) in [5.41, 5.74) is 3.98. The van der Waals surface area contributed by atoms with Crippen LogP contribution in [0.2, 0.25) is 0 Å². The minimum absolute atomic E-state index is 0.0565. The van der Waals surface area contributed by atoms with Crippen LogP contribution >= 0.6 is 0 Å². The topological polar surface area (TPSA) is 108 Å². The zero-order valence-electron chi connectivity index (χ0n) is 25.2. The standard InChI is InChI=1S/C34H44N2O6/c1-7-21-11-22(17-37)13-24(12-21)26-10-8-9-23(32(26)41-6)16-36-31(30(20(3)39)29(18-38)42-36)33(40)35-28-15-25-14-27(19(28)2)34(25,4)5/h7-13,17,19-20,25,27-31,38-39H,1,14-16,18H2,2-6H3,(H,35,40)/t19-,20-,25+,27-,28-,29-,30-,31-/m0/s1. The number of rotatable bonds is 10. The number of nitrogens with one attached hydrogen (secondary N) is 1. The Balaban J connectivity index is 1.45. The molecule has 3 N–H and O–H groups in total. The average molecular weight is 577 g/mol. The van der Waals surface area contributed by atoms with E-state index in [1.54, 1.807) is 37.3 Å². The van der Waals surface area contributed by atoms with Gasteiger partial charge in [-0.15, -0.1) is 0 Å². The third-order valence-electron chi connectivity index (χ3n) is 10.3. The molecule has 2 aromatic carbocycles. The van der Waals surface area contributed by atoms with Crippen LogP contribution in [-0.4, -0.2) is 65.5 Å². The number of fused-ring (bicyclic) bond motifs is 2. The number of aldehydes is 1. The lowest BCUT2D eigenvalue weighted by Gasteiger charge is -2.62. The monoisotopic (exact) mass is 576 g/mol. The Kier molecular flexibility index (Phi) is 8.63. The smallest absolute Gasteiger partial charge is 0.240 e. The number of para-hydroxylation sites is 1. The molecule has 42 heavy (non-hydrogen) atoms. The molecule has 2 aromatic rings. The van der Waals surface area contributed by atoms with Crippen LogP contribution in [0, 0.1) is 29.1 Å². The van der Waals surface area contributed by atoms with Gasteiger partial charge in [-0.2, -0.15) is 5.06 Å². The van der Waals surface area contributed by atoms with Crippen LogP contribution in [0.4, 0.5) is 0 Å². The van der Waals surface area contributed by atoms with E-state index in [0.717, 1.165) is 35.0 Å². The van der Waals surface area contributed by atoms with E-state index < -0.39 is 24.2 Å². The number of hydrogen-bond acceptors (Lipinski definition) is 7. The maximum absolute atomic E-state index is 14.0. The van der Waals surface area contributed by atoms with E-state index in [1.165, 1.54) is 6.42 Å². The lowest BCUT2D eigenvalue weighted by Crippen LogP contribution is -2.62. The van der Waals surface area contributed by atoms with Crippen molar-refractivity contribution in [3.05, 3.63) is 59.7 Å². The van der Waals surface area contributed by atoms with Gasteiger partial charge >= 0.3 is 0 Å². The van der Waals surface area contributed by atoms with Crippen LogP contribution in [0.5, 0.6) is 5.75 Å². The molecule has 3 aliphatic carbocycles. The maximum atomic E-state index is 14.0. The van der Waals surface area contributed by atoms with E-state index in [-0.39, 0.29) is 25.1 Å². The summed E-state index contributed by atoms with van der Waals surface area (Å²) in [4.78, 5) is 31.8. The molecular weight excluding hydrogens is 532 g/mol. The van der Waals surface area contributed by atoms with Gasteiger partial charge in [0.2, 0.25) is 5.91 Å². The van der Waals surface area contributed by atoms with Crippen LogP contribution in [0.1, 0.15) is 62.0 Å². The summed E-state index contributed by atoms with van der Waals surface area (Å²) in [6, 6.07) is 10.5. The quantitative estimate of drug-likeness (QED) is 0.358. The van der Waals surface area contributed by atoms with Crippen molar-refractivity contribution in [2.75, 3.05) is 13.7 Å². The van der Waals surface area contributed by atoms with Gasteiger partial charge in [-0.1, -0.05) is 51.6 Å². The van der Waals surface area contributed by atoms with E-state index in [0.29, 0.717) is 34.5 Å². The number of hydrogen-bond donors (Lipinski definition) is 3.